The third kappa shape index (κ3) is 3.08. The zero-order valence-electron chi connectivity index (χ0n) is 13.7. The van der Waals surface area contributed by atoms with E-state index in [2.05, 4.69) is 32.9 Å². The molecule has 2 aliphatic heterocycles. The van der Waals surface area contributed by atoms with E-state index in [1.165, 1.54) is 11.8 Å². The van der Waals surface area contributed by atoms with Gasteiger partial charge in [-0.2, -0.15) is 0 Å². The van der Waals surface area contributed by atoms with E-state index in [4.69, 9.17) is 4.99 Å². The fraction of sp³-hybridized carbons (Fsp3) is 0.105. The molecule has 2 aromatic carbocycles. The number of carbonyl (C=O) groups excluding carboxylic acids is 1. The van der Waals surface area contributed by atoms with Crippen LogP contribution in [-0.4, -0.2) is 21.8 Å². The average Bonchev–Trinajstić information content (AvgIpc) is 2.66. The molecule has 0 saturated heterocycles. The Bertz CT molecular complexity index is 1030. The van der Waals surface area contributed by atoms with E-state index in [0.717, 1.165) is 20.6 Å². The minimum absolute atomic E-state index is 0.170. The second kappa shape index (κ2) is 7.09. The van der Waals surface area contributed by atoms with E-state index in [0.29, 0.717) is 16.6 Å². The van der Waals surface area contributed by atoms with Crippen LogP contribution in [0, 0.1) is 0 Å². The summed E-state index contributed by atoms with van der Waals surface area (Å²) >= 11 is 4.89. The first kappa shape index (κ1) is 17.1. The minimum Gasteiger partial charge on any atom is -0.298 e. The Balaban J connectivity index is 1.90. The second-order valence-corrected chi connectivity index (χ2v) is 7.65. The number of benzene rings is 2. The van der Waals surface area contributed by atoms with E-state index in [-0.39, 0.29) is 5.91 Å². The largest absolute Gasteiger partial charge is 0.298 e. The summed E-state index contributed by atoms with van der Waals surface area (Å²) < 4.78 is 0.990. The molecular formula is C19H15BrN4OS. The van der Waals surface area contributed by atoms with E-state index in [9.17, 15) is 4.79 Å². The van der Waals surface area contributed by atoms with Gasteiger partial charge in [0.25, 0.3) is 5.91 Å². The fourth-order valence-corrected chi connectivity index (χ4v) is 3.73. The standard InChI is InChI=1S/C19H15BrN4OS/c1-2-11-26-19-22-18(25)16-14-5-3-4-6-15(14)21-17(24(16)23-19)12-7-9-13(20)10-8-12/h2-10,17H,1,11H2,(H,22,23,25). The number of carbonyl (C=O) groups is 1. The van der Waals surface area contributed by atoms with E-state index < -0.39 is 6.17 Å². The Morgan fingerprint density at radius 1 is 1.23 bits per heavy atom. The lowest BCUT2D eigenvalue weighted by Crippen LogP contribution is -2.50. The van der Waals surface area contributed by atoms with Crippen LogP contribution in [0.3, 0.4) is 0 Å². The van der Waals surface area contributed by atoms with Gasteiger partial charge in [0.15, 0.2) is 11.3 Å². The molecule has 1 N–H and O–H groups in total. The molecule has 7 heteroatoms. The van der Waals surface area contributed by atoms with E-state index in [1.54, 1.807) is 11.1 Å². The number of nitrogens with one attached hydrogen (secondary N) is 1. The van der Waals surface area contributed by atoms with E-state index in [1.807, 2.05) is 48.5 Å². The molecule has 1 unspecified atom stereocenters. The normalized spacial score (nSPS) is 18.3. The molecule has 0 saturated carbocycles. The molecule has 0 aliphatic carbocycles. The van der Waals surface area contributed by atoms with Crippen molar-refractivity contribution in [1.82, 2.24) is 10.3 Å². The molecule has 2 heterocycles. The summed E-state index contributed by atoms with van der Waals surface area (Å²) in [5, 5.41) is 11.4. The van der Waals surface area contributed by atoms with Gasteiger partial charge >= 0.3 is 0 Å². The van der Waals surface area contributed by atoms with Crippen molar-refractivity contribution < 1.29 is 4.79 Å². The van der Waals surface area contributed by atoms with Crippen LogP contribution < -0.4 is 15.9 Å². The molecule has 5 nitrogen and oxygen atoms in total. The zero-order chi connectivity index (χ0) is 18.1. The van der Waals surface area contributed by atoms with Crippen molar-refractivity contribution in [2.45, 2.75) is 6.17 Å². The van der Waals surface area contributed by atoms with Crippen LogP contribution in [0.5, 0.6) is 0 Å². The highest BCUT2D eigenvalue weighted by Gasteiger charge is 2.34. The van der Waals surface area contributed by atoms with Gasteiger partial charge in [-0.05, 0) is 23.8 Å². The van der Waals surface area contributed by atoms with Crippen LogP contribution in [0.4, 0.5) is 0 Å². The molecular weight excluding hydrogens is 412 g/mol. The third-order valence-corrected chi connectivity index (χ3v) is 5.41. The van der Waals surface area contributed by atoms with Crippen molar-refractivity contribution in [2.75, 3.05) is 5.75 Å². The van der Waals surface area contributed by atoms with Crippen LogP contribution in [-0.2, 0) is 4.79 Å². The predicted octanol–water partition coefficient (Wildman–Crippen LogP) is 2.51. The number of rotatable bonds is 3. The first-order valence-electron chi connectivity index (χ1n) is 8.03. The van der Waals surface area contributed by atoms with Gasteiger partial charge in [0.2, 0.25) is 0 Å². The van der Waals surface area contributed by atoms with Crippen LogP contribution in [0.1, 0.15) is 11.7 Å². The third-order valence-electron chi connectivity index (χ3n) is 4.02. The SMILES string of the molecule is C=CCSC1=NN2C(=c3ccccc3=NC2c2ccc(Br)cc2)C(=O)N1. The van der Waals surface area contributed by atoms with Crippen LogP contribution in [0.2, 0.25) is 0 Å². The van der Waals surface area contributed by atoms with E-state index >= 15 is 0 Å². The summed E-state index contributed by atoms with van der Waals surface area (Å²) in [6.45, 7) is 3.72. The van der Waals surface area contributed by atoms with Gasteiger partial charge in [0.05, 0.1) is 5.36 Å². The van der Waals surface area contributed by atoms with Crippen molar-refractivity contribution in [3.05, 3.63) is 81.8 Å². The maximum atomic E-state index is 12.8. The van der Waals surface area contributed by atoms with Crippen molar-refractivity contribution in [3.63, 3.8) is 0 Å². The topological polar surface area (TPSA) is 57.1 Å². The number of hydrogen-bond donors (Lipinski definition) is 1. The molecule has 1 atom stereocenters. The molecule has 26 heavy (non-hydrogen) atoms. The number of fused-ring (bicyclic) bond motifs is 2. The molecule has 0 radical (unpaired) electrons. The van der Waals surface area contributed by atoms with Crippen LogP contribution >= 0.6 is 27.7 Å². The molecule has 0 bridgehead atoms. The Morgan fingerprint density at radius 2 is 2.00 bits per heavy atom. The quantitative estimate of drug-likeness (QED) is 0.767. The number of para-hydroxylation sites is 1. The number of amides is 1. The van der Waals surface area contributed by atoms with Gasteiger partial charge in [0, 0.05) is 15.4 Å². The Labute approximate surface area is 163 Å². The predicted molar refractivity (Wildman–Crippen MR) is 108 cm³/mol. The fourth-order valence-electron chi connectivity index (χ4n) is 2.88. The maximum Gasteiger partial charge on any atom is 0.276 e. The first-order chi connectivity index (χ1) is 12.7. The van der Waals surface area contributed by atoms with Crippen molar-refractivity contribution >= 4 is 44.5 Å². The summed E-state index contributed by atoms with van der Waals surface area (Å²) in [6.07, 6.45) is 1.39. The van der Waals surface area contributed by atoms with Crippen molar-refractivity contribution in [3.8, 4) is 0 Å². The number of hydrazone groups is 1. The number of amidine groups is 1. The lowest BCUT2D eigenvalue weighted by Gasteiger charge is -2.34. The van der Waals surface area contributed by atoms with Gasteiger partial charge in [0.1, 0.15) is 5.70 Å². The second-order valence-electron chi connectivity index (χ2n) is 5.72. The molecule has 0 spiro atoms. The lowest BCUT2D eigenvalue weighted by molar-refractivity contribution is -0.116. The summed E-state index contributed by atoms with van der Waals surface area (Å²) in [5.41, 5.74) is 1.48. The van der Waals surface area contributed by atoms with Crippen molar-refractivity contribution in [2.24, 2.45) is 10.1 Å². The number of thioether (sulfide) groups is 1. The molecule has 4 rings (SSSR count). The van der Waals surface area contributed by atoms with Crippen LogP contribution in [0.25, 0.3) is 5.70 Å². The molecule has 130 valence electrons. The maximum absolute atomic E-state index is 12.8. The summed E-state index contributed by atoms with van der Waals surface area (Å²) in [7, 11) is 0. The van der Waals surface area contributed by atoms with Gasteiger partial charge in [-0.3, -0.25) is 15.1 Å². The number of halogens is 1. The smallest absolute Gasteiger partial charge is 0.276 e. The summed E-state index contributed by atoms with van der Waals surface area (Å²) in [6, 6.07) is 15.6. The monoisotopic (exact) mass is 426 g/mol. The zero-order valence-corrected chi connectivity index (χ0v) is 16.1. The Kier molecular flexibility index (Phi) is 4.65. The number of hydrogen-bond acceptors (Lipinski definition) is 5. The first-order valence-corrected chi connectivity index (χ1v) is 9.81. The van der Waals surface area contributed by atoms with Gasteiger partial charge in [-0.1, -0.05) is 64.1 Å². The van der Waals surface area contributed by atoms with Gasteiger partial charge in [-0.15, -0.1) is 11.7 Å². The van der Waals surface area contributed by atoms with Gasteiger partial charge in [-0.25, -0.2) is 5.01 Å². The lowest BCUT2D eigenvalue weighted by atomic mass is 10.1. The van der Waals surface area contributed by atoms with Crippen molar-refractivity contribution in [1.29, 1.82) is 0 Å². The summed E-state index contributed by atoms with van der Waals surface area (Å²) in [4.78, 5) is 17.7. The number of nitrogens with zero attached hydrogens (tertiary/aromatic N) is 3. The van der Waals surface area contributed by atoms with Gasteiger partial charge < -0.3 is 0 Å². The molecule has 2 aromatic rings. The highest BCUT2D eigenvalue weighted by molar-refractivity contribution is 9.10. The highest BCUT2D eigenvalue weighted by atomic mass is 79.9. The molecule has 0 fully saturated rings. The summed E-state index contributed by atoms with van der Waals surface area (Å²) in [5.74, 6) is 0.495. The molecule has 2 aliphatic rings. The minimum atomic E-state index is -0.390. The Morgan fingerprint density at radius 3 is 2.77 bits per heavy atom. The average molecular weight is 427 g/mol. The molecule has 0 aromatic heterocycles. The Hall–Kier alpha value is -2.38. The molecule has 1 amide bonds. The van der Waals surface area contributed by atoms with Crippen LogP contribution in [0.15, 0.2) is 75.8 Å². The highest BCUT2D eigenvalue weighted by Crippen LogP contribution is 2.31.